The standard InChI is InChI=1S/C13H15FN2O/c14-10-3-4-12-9(6-10)7-13(17)16(12)8-11-2-1-5-15-11/h3-4,6,11,15H,1-2,5,7-8H2. The predicted octanol–water partition coefficient (Wildman–Crippen LogP) is 1.47. The summed E-state index contributed by atoms with van der Waals surface area (Å²) in [4.78, 5) is 13.7. The Bertz CT molecular complexity index is 455. The van der Waals surface area contributed by atoms with Crippen LogP contribution in [0.15, 0.2) is 18.2 Å². The summed E-state index contributed by atoms with van der Waals surface area (Å²) < 4.78 is 13.1. The highest BCUT2D eigenvalue weighted by molar-refractivity contribution is 6.01. The van der Waals surface area contributed by atoms with Crippen molar-refractivity contribution in [2.75, 3.05) is 18.0 Å². The van der Waals surface area contributed by atoms with E-state index in [0.29, 0.717) is 19.0 Å². The van der Waals surface area contributed by atoms with Crippen LogP contribution < -0.4 is 10.2 Å². The Kier molecular flexibility index (Phi) is 2.59. The quantitative estimate of drug-likeness (QED) is 0.840. The molecule has 17 heavy (non-hydrogen) atoms. The molecule has 2 heterocycles. The number of amides is 1. The molecule has 1 saturated heterocycles. The largest absolute Gasteiger partial charge is 0.312 e. The molecule has 90 valence electrons. The average Bonchev–Trinajstić information content (AvgIpc) is 2.88. The molecule has 1 N–H and O–H groups in total. The van der Waals surface area contributed by atoms with Crippen molar-refractivity contribution in [3.63, 3.8) is 0 Å². The van der Waals surface area contributed by atoms with Gasteiger partial charge in [-0.15, -0.1) is 0 Å². The number of hydrogen-bond donors (Lipinski definition) is 1. The number of anilines is 1. The second kappa shape index (κ2) is 4.11. The van der Waals surface area contributed by atoms with Crippen molar-refractivity contribution in [2.24, 2.45) is 0 Å². The lowest BCUT2D eigenvalue weighted by Gasteiger charge is -2.21. The third-order valence-corrected chi connectivity index (χ3v) is 3.54. The normalized spacial score (nSPS) is 23.2. The summed E-state index contributed by atoms with van der Waals surface area (Å²) >= 11 is 0. The van der Waals surface area contributed by atoms with E-state index >= 15 is 0 Å². The van der Waals surface area contributed by atoms with Gasteiger partial charge in [0.05, 0.1) is 6.42 Å². The summed E-state index contributed by atoms with van der Waals surface area (Å²) in [6.45, 7) is 1.74. The first kappa shape index (κ1) is 10.7. The van der Waals surface area contributed by atoms with E-state index in [-0.39, 0.29) is 11.7 Å². The van der Waals surface area contributed by atoms with Crippen LogP contribution in [-0.2, 0) is 11.2 Å². The molecule has 0 aromatic heterocycles. The van der Waals surface area contributed by atoms with Gasteiger partial charge in [-0.2, -0.15) is 0 Å². The molecule has 0 spiro atoms. The Morgan fingerprint density at radius 2 is 2.35 bits per heavy atom. The maximum atomic E-state index is 13.1. The fourth-order valence-electron chi connectivity index (χ4n) is 2.68. The second-order valence-electron chi connectivity index (χ2n) is 4.75. The minimum Gasteiger partial charge on any atom is -0.312 e. The van der Waals surface area contributed by atoms with Crippen molar-refractivity contribution < 1.29 is 9.18 Å². The Morgan fingerprint density at radius 3 is 3.12 bits per heavy atom. The van der Waals surface area contributed by atoms with Gasteiger partial charge in [-0.1, -0.05) is 0 Å². The van der Waals surface area contributed by atoms with E-state index in [1.165, 1.54) is 18.6 Å². The zero-order valence-corrected chi connectivity index (χ0v) is 9.58. The van der Waals surface area contributed by atoms with Crippen LogP contribution >= 0.6 is 0 Å². The molecule has 3 rings (SSSR count). The molecule has 1 unspecified atom stereocenters. The summed E-state index contributed by atoms with van der Waals surface area (Å²) in [7, 11) is 0. The average molecular weight is 234 g/mol. The van der Waals surface area contributed by atoms with Crippen LogP contribution in [0.5, 0.6) is 0 Å². The van der Waals surface area contributed by atoms with Crippen LogP contribution in [0.1, 0.15) is 18.4 Å². The minimum absolute atomic E-state index is 0.0827. The summed E-state index contributed by atoms with van der Waals surface area (Å²) in [5.41, 5.74) is 1.69. The van der Waals surface area contributed by atoms with E-state index in [2.05, 4.69) is 5.32 Å². The SMILES string of the molecule is O=C1Cc2cc(F)ccc2N1CC1CCCN1. The van der Waals surface area contributed by atoms with Crippen LogP contribution in [0.2, 0.25) is 0 Å². The number of carbonyl (C=O) groups is 1. The first-order valence-corrected chi connectivity index (χ1v) is 6.06. The van der Waals surface area contributed by atoms with E-state index < -0.39 is 0 Å². The van der Waals surface area contributed by atoms with Gasteiger partial charge in [0.15, 0.2) is 0 Å². The van der Waals surface area contributed by atoms with Gasteiger partial charge in [0.2, 0.25) is 5.91 Å². The van der Waals surface area contributed by atoms with Crippen LogP contribution in [0.3, 0.4) is 0 Å². The number of nitrogens with zero attached hydrogens (tertiary/aromatic N) is 1. The Morgan fingerprint density at radius 1 is 1.47 bits per heavy atom. The molecule has 0 radical (unpaired) electrons. The third kappa shape index (κ3) is 1.93. The number of carbonyl (C=O) groups excluding carboxylic acids is 1. The third-order valence-electron chi connectivity index (χ3n) is 3.54. The summed E-state index contributed by atoms with van der Waals surface area (Å²) in [5.74, 6) is -0.184. The van der Waals surface area contributed by atoms with E-state index in [1.54, 1.807) is 11.0 Å². The van der Waals surface area contributed by atoms with Gasteiger partial charge >= 0.3 is 0 Å². The van der Waals surface area contributed by atoms with Crippen LogP contribution in [0.4, 0.5) is 10.1 Å². The van der Waals surface area contributed by atoms with Gasteiger partial charge in [0.25, 0.3) is 0 Å². The molecule has 0 saturated carbocycles. The summed E-state index contributed by atoms with van der Waals surface area (Å²) in [6, 6.07) is 4.99. The van der Waals surface area contributed by atoms with Crippen molar-refractivity contribution >= 4 is 11.6 Å². The molecular formula is C13H15FN2O. The van der Waals surface area contributed by atoms with Gasteiger partial charge in [-0.3, -0.25) is 4.79 Å². The smallest absolute Gasteiger partial charge is 0.231 e. The molecule has 1 aromatic rings. The Balaban J connectivity index is 1.83. The maximum absolute atomic E-state index is 13.1. The summed E-state index contributed by atoms with van der Waals surface area (Å²) in [6.07, 6.45) is 2.61. The molecule has 0 bridgehead atoms. The second-order valence-corrected chi connectivity index (χ2v) is 4.75. The zero-order chi connectivity index (χ0) is 11.8. The molecule has 0 aliphatic carbocycles. The maximum Gasteiger partial charge on any atom is 0.231 e. The van der Waals surface area contributed by atoms with Crippen molar-refractivity contribution in [3.8, 4) is 0 Å². The highest BCUT2D eigenvalue weighted by Crippen LogP contribution is 2.30. The van der Waals surface area contributed by atoms with Crippen molar-refractivity contribution in [2.45, 2.75) is 25.3 Å². The highest BCUT2D eigenvalue weighted by Gasteiger charge is 2.30. The fraction of sp³-hybridized carbons (Fsp3) is 0.462. The van der Waals surface area contributed by atoms with Gasteiger partial charge in [-0.05, 0) is 43.1 Å². The van der Waals surface area contributed by atoms with Crippen molar-refractivity contribution in [1.82, 2.24) is 5.32 Å². The van der Waals surface area contributed by atoms with E-state index in [9.17, 15) is 9.18 Å². The molecule has 1 aromatic carbocycles. The summed E-state index contributed by atoms with van der Waals surface area (Å²) in [5, 5.41) is 3.38. The fourth-order valence-corrected chi connectivity index (χ4v) is 2.68. The van der Waals surface area contributed by atoms with E-state index in [4.69, 9.17) is 0 Å². The van der Waals surface area contributed by atoms with E-state index in [0.717, 1.165) is 24.2 Å². The zero-order valence-electron chi connectivity index (χ0n) is 9.58. The molecule has 1 fully saturated rings. The number of benzene rings is 1. The monoisotopic (exact) mass is 234 g/mol. The van der Waals surface area contributed by atoms with Gasteiger partial charge in [-0.25, -0.2) is 4.39 Å². The van der Waals surface area contributed by atoms with Gasteiger partial charge in [0, 0.05) is 18.3 Å². The minimum atomic E-state index is -0.266. The van der Waals surface area contributed by atoms with Crippen molar-refractivity contribution in [1.29, 1.82) is 0 Å². The van der Waals surface area contributed by atoms with Crippen molar-refractivity contribution in [3.05, 3.63) is 29.6 Å². The van der Waals surface area contributed by atoms with Crippen LogP contribution in [0.25, 0.3) is 0 Å². The van der Waals surface area contributed by atoms with Crippen LogP contribution in [-0.4, -0.2) is 25.0 Å². The molecule has 1 atom stereocenters. The lowest BCUT2D eigenvalue weighted by atomic mass is 10.1. The molecule has 4 heteroatoms. The number of halogens is 1. The number of hydrogen-bond acceptors (Lipinski definition) is 2. The molecule has 1 amide bonds. The van der Waals surface area contributed by atoms with E-state index in [1.807, 2.05) is 0 Å². The molecular weight excluding hydrogens is 219 g/mol. The Hall–Kier alpha value is -1.42. The lowest BCUT2D eigenvalue weighted by Crippen LogP contribution is -2.39. The first-order chi connectivity index (χ1) is 8.24. The molecule has 2 aliphatic rings. The number of nitrogens with one attached hydrogen (secondary N) is 1. The molecule has 2 aliphatic heterocycles. The topological polar surface area (TPSA) is 32.3 Å². The number of fused-ring (bicyclic) bond motifs is 1. The first-order valence-electron chi connectivity index (χ1n) is 6.06. The molecule has 3 nitrogen and oxygen atoms in total. The number of rotatable bonds is 2. The Labute approximate surface area is 99.6 Å². The van der Waals surface area contributed by atoms with Crippen LogP contribution in [0, 0.1) is 5.82 Å². The van der Waals surface area contributed by atoms with Gasteiger partial charge in [0.1, 0.15) is 5.82 Å². The lowest BCUT2D eigenvalue weighted by molar-refractivity contribution is -0.117. The highest BCUT2D eigenvalue weighted by atomic mass is 19.1. The predicted molar refractivity (Wildman–Crippen MR) is 63.5 cm³/mol. The van der Waals surface area contributed by atoms with Gasteiger partial charge < -0.3 is 10.2 Å².